The van der Waals surface area contributed by atoms with Crippen molar-refractivity contribution in [3.63, 3.8) is 0 Å². The molecular weight excluding hydrogens is 320 g/mol. The Bertz CT molecular complexity index is 792. The van der Waals surface area contributed by atoms with E-state index >= 15 is 0 Å². The Morgan fingerprint density at radius 1 is 1.38 bits per heavy atom. The number of hydrogen-bond acceptors (Lipinski definition) is 5. The van der Waals surface area contributed by atoms with Gasteiger partial charge in [-0.25, -0.2) is 13.8 Å². The zero-order valence-electron chi connectivity index (χ0n) is 13.4. The number of rotatable bonds is 4. The summed E-state index contributed by atoms with van der Waals surface area (Å²) in [6.45, 7) is 3.57. The van der Waals surface area contributed by atoms with Gasteiger partial charge in [-0.2, -0.15) is 0 Å². The Morgan fingerprint density at radius 2 is 2.17 bits per heavy atom. The first kappa shape index (κ1) is 16.6. The highest BCUT2D eigenvalue weighted by molar-refractivity contribution is 5.86. The fraction of sp³-hybridized carbons (Fsp3) is 0.500. The predicted molar refractivity (Wildman–Crippen MR) is 85.0 cm³/mol. The predicted octanol–water partition coefficient (Wildman–Crippen LogP) is 2.09. The number of H-pyrrole nitrogens is 1. The third-order valence-corrected chi connectivity index (χ3v) is 3.76. The minimum Gasteiger partial charge on any atom is -0.487 e. The van der Waals surface area contributed by atoms with Gasteiger partial charge in [-0.1, -0.05) is 0 Å². The molecule has 8 heteroatoms. The molecule has 2 aromatic rings. The van der Waals surface area contributed by atoms with Crippen molar-refractivity contribution in [2.24, 2.45) is 0 Å². The number of fused-ring (bicyclic) bond motifs is 1. The average Bonchev–Trinajstić information content (AvgIpc) is 2.51. The average molecular weight is 339 g/mol. The van der Waals surface area contributed by atoms with Crippen molar-refractivity contribution >= 4 is 10.9 Å². The summed E-state index contributed by atoms with van der Waals surface area (Å²) < 4.78 is 39.5. The van der Waals surface area contributed by atoms with E-state index in [1.165, 1.54) is 6.33 Å². The van der Waals surface area contributed by atoms with Crippen LogP contribution in [0.25, 0.3) is 10.9 Å². The Balaban J connectivity index is 2.10. The summed E-state index contributed by atoms with van der Waals surface area (Å²) in [6, 6.07) is 3.19. The van der Waals surface area contributed by atoms with Crippen LogP contribution >= 0.6 is 0 Å². The normalized spacial score (nSPS) is 20.3. The van der Waals surface area contributed by atoms with E-state index in [9.17, 15) is 13.6 Å². The molecule has 3 rings (SSSR count). The molecule has 2 N–H and O–H groups in total. The third kappa shape index (κ3) is 3.19. The second-order valence-corrected chi connectivity index (χ2v) is 6.02. The number of halogens is 2. The smallest absolute Gasteiger partial charge is 0.296 e. The maximum absolute atomic E-state index is 14.1. The van der Waals surface area contributed by atoms with E-state index in [0.29, 0.717) is 12.1 Å². The Kier molecular flexibility index (Phi) is 4.40. The summed E-state index contributed by atoms with van der Waals surface area (Å²) in [4.78, 5) is 18.7. The molecule has 1 aliphatic heterocycles. The van der Waals surface area contributed by atoms with Gasteiger partial charge >= 0.3 is 0 Å². The molecule has 2 heterocycles. The number of nitrogens with one attached hydrogen (secondary N) is 2. The summed E-state index contributed by atoms with van der Waals surface area (Å²) >= 11 is 0. The second-order valence-electron chi connectivity index (χ2n) is 6.02. The van der Waals surface area contributed by atoms with Gasteiger partial charge in [0.1, 0.15) is 5.39 Å². The maximum atomic E-state index is 14.1. The number of aromatic nitrogens is 2. The van der Waals surface area contributed by atoms with Crippen LogP contribution in [0.15, 0.2) is 23.3 Å². The summed E-state index contributed by atoms with van der Waals surface area (Å²) in [6.07, 6.45) is -0.147. The van der Waals surface area contributed by atoms with E-state index in [-0.39, 0.29) is 29.4 Å². The molecule has 0 bridgehead atoms. The van der Waals surface area contributed by atoms with Gasteiger partial charge in [-0.3, -0.25) is 4.79 Å². The summed E-state index contributed by atoms with van der Waals surface area (Å²) in [5.74, 6) is -2.77. The van der Waals surface area contributed by atoms with Crippen LogP contribution in [0.3, 0.4) is 0 Å². The van der Waals surface area contributed by atoms with E-state index in [0.717, 1.165) is 0 Å². The number of nitrogens with zero attached hydrogens (tertiary/aromatic N) is 1. The molecule has 0 amide bonds. The quantitative estimate of drug-likeness (QED) is 0.892. The highest BCUT2D eigenvalue weighted by Crippen LogP contribution is 2.37. The Labute approximate surface area is 137 Å². The van der Waals surface area contributed by atoms with E-state index in [1.54, 1.807) is 26.0 Å². The first-order valence-corrected chi connectivity index (χ1v) is 7.81. The van der Waals surface area contributed by atoms with Crippen molar-refractivity contribution in [1.82, 2.24) is 15.3 Å². The number of aromatic amines is 1. The van der Waals surface area contributed by atoms with Gasteiger partial charge in [0.25, 0.3) is 11.5 Å². The Morgan fingerprint density at radius 3 is 2.88 bits per heavy atom. The van der Waals surface area contributed by atoms with E-state index in [4.69, 9.17) is 9.47 Å². The van der Waals surface area contributed by atoms with Crippen LogP contribution < -0.4 is 20.3 Å². The van der Waals surface area contributed by atoms with Gasteiger partial charge in [0.2, 0.25) is 0 Å². The van der Waals surface area contributed by atoms with Crippen LogP contribution in [-0.2, 0) is 0 Å². The monoisotopic (exact) mass is 339 g/mol. The van der Waals surface area contributed by atoms with Crippen LogP contribution in [-0.4, -0.2) is 41.2 Å². The number of benzene rings is 1. The van der Waals surface area contributed by atoms with Crippen molar-refractivity contribution in [3.8, 4) is 11.5 Å². The van der Waals surface area contributed by atoms with Crippen molar-refractivity contribution in [2.45, 2.75) is 38.4 Å². The summed E-state index contributed by atoms with van der Waals surface area (Å²) in [5.41, 5.74) is -0.0939. The highest BCUT2D eigenvalue weighted by Gasteiger charge is 2.44. The van der Waals surface area contributed by atoms with Crippen molar-refractivity contribution in [1.29, 1.82) is 0 Å². The molecule has 0 aliphatic carbocycles. The van der Waals surface area contributed by atoms with E-state index < -0.39 is 24.1 Å². The lowest BCUT2D eigenvalue weighted by atomic mass is 10.1. The summed E-state index contributed by atoms with van der Waals surface area (Å²) in [5, 5.41) is 2.76. The van der Waals surface area contributed by atoms with Crippen LogP contribution in [0.1, 0.15) is 20.3 Å². The molecule has 1 atom stereocenters. The third-order valence-electron chi connectivity index (χ3n) is 3.76. The summed E-state index contributed by atoms with van der Waals surface area (Å²) in [7, 11) is 0. The van der Waals surface area contributed by atoms with Gasteiger partial charge in [-0.15, -0.1) is 0 Å². The molecule has 6 nitrogen and oxygen atoms in total. The van der Waals surface area contributed by atoms with Crippen molar-refractivity contribution in [2.75, 3.05) is 13.1 Å². The van der Waals surface area contributed by atoms with Gasteiger partial charge in [0.15, 0.2) is 17.6 Å². The number of hydrogen-bond donors (Lipinski definition) is 2. The maximum Gasteiger partial charge on any atom is 0.296 e. The van der Waals surface area contributed by atoms with E-state index in [1.807, 2.05) is 0 Å². The SMILES string of the molecule is CC(C)Oc1ccc2nc[nH]c(=O)c2c1OC1CCNCC1(F)F. The van der Waals surface area contributed by atoms with Crippen molar-refractivity contribution in [3.05, 3.63) is 28.8 Å². The van der Waals surface area contributed by atoms with Gasteiger partial charge < -0.3 is 19.8 Å². The number of alkyl halides is 2. The fourth-order valence-corrected chi connectivity index (χ4v) is 2.68. The molecule has 1 aromatic heterocycles. The first-order valence-electron chi connectivity index (χ1n) is 7.81. The lowest BCUT2D eigenvalue weighted by Crippen LogP contribution is -2.52. The van der Waals surface area contributed by atoms with Crippen LogP contribution in [0, 0.1) is 0 Å². The molecule has 1 fully saturated rings. The molecule has 130 valence electrons. The second kappa shape index (κ2) is 6.35. The molecule has 1 unspecified atom stereocenters. The van der Waals surface area contributed by atoms with Gasteiger partial charge in [-0.05, 0) is 32.5 Å². The zero-order valence-corrected chi connectivity index (χ0v) is 13.4. The topological polar surface area (TPSA) is 76.2 Å². The largest absolute Gasteiger partial charge is 0.487 e. The minimum atomic E-state index is -3.04. The number of ether oxygens (including phenoxy) is 2. The lowest BCUT2D eigenvalue weighted by molar-refractivity contribution is -0.109. The van der Waals surface area contributed by atoms with Gasteiger partial charge in [0.05, 0.1) is 24.5 Å². The van der Waals surface area contributed by atoms with Crippen LogP contribution in [0.4, 0.5) is 8.78 Å². The Hall–Kier alpha value is -2.22. The molecule has 1 aromatic carbocycles. The lowest BCUT2D eigenvalue weighted by Gasteiger charge is -2.32. The number of piperidine rings is 1. The molecular formula is C16H19F2N3O3. The molecule has 0 radical (unpaired) electrons. The standard InChI is InChI=1S/C16H19F2N3O3/c1-9(2)23-11-4-3-10-13(15(22)21-8-20-10)14(11)24-12-5-6-19-7-16(12,17)18/h3-4,8-9,12,19H,5-7H2,1-2H3,(H,20,21,22). The highest BCUT2D eigenvalue weighted by atomic mass is 19.3. The van der Waals surface area contributed by atoms with E-state index in [2.05, 4.69) is 15.3 Å². The molecule has 0 saturated carbocycles. The fourth-order valence-electron chi connectivity index (χ4n) is 2.68. The van der Waals surface area contributed by atoms with Crippen LogP contribution in [0.5, 0.6) is 11.5 Å². The van der Waals surface area contributed by atoms with Crippen LogP contribution in [0.2, 0.25) is 0 Å². The first-order chi connectivity index (χ1) is 11.4. The molecule has 1 saturated heterocycles. The zero-order chi connectivity index (χ0) is 17.3. The molecule has 0 spiro atoms. The molecule has 1 aliphatic rings. The molecule has 24 heavy (non-hydrogen) atoms. The minimum absolute atomic E-state index is 0.0159. The van der Waals surface area contributed by atoms with Gasteiger partial charge in [0, 0.05) is 6.42 Å². The van der Waals surface area contributed by atoms with Crippen molar-refractivity contribution < 1.29 is 18.3 Å².